The molecule has 1 atom stereocenters. The van der Waals surface area contributed by atoms with Crippen molar-refractivity contribution in [1.82, 2.24) is 14.7 Å². The highest BCUT2D eigenvalue weighted by molar-refractivity contribution is 6.46. The molecule has 1 aromatic carbocycles. The number of aromatic nitrogens is 2. The molecule has 0 spiro atoms. The van der Waals surface area contributed by atoms with Crippen molar-refractivity contribution in [2.45, 2.75) is 33.7 Å². The van der Waals surface area contributed by atoms with Crippen LogP contribution in [0.15, 0.2) is 29.8 Å². The average molecular weight is 383 g/mol. The van der Waals surface area contributed by atoms with Crippen LogP contribution in [0.3, 0.4) is 0 Å². The number of benzene rings is 1. The molecule has 7 nitrogen and oxygen atoms in total. The number of amides is 1. The normalized spacial score (nSPS) is 18.8. The van der Waals surface area contributed by atoms with Gasteiger partial charge in [-0.05, 0) is 45.4 Å². The maximum absolute atomic E-state index is 12.8. The van der Waals surface area contributed by atoms with Gasteiger partial charge in [-0.25, -0.2) is 0 Å². The van der Waals surface area contributed by atoms with Crippen LogP contribution in [-0.4, -0.2) is 44.6 Å². The number of aliphatic hydroxyl groups is 1. The fraction of sp³-hybridized carbons (Fsp3) is 0.381. The largest absolute Gasteiger partial charge is 0.507 e. The molecule has 2 heterocycles. The van der Waals surface area contributed by atoms with Gasteiger partial charge in [-0.3, -0.25) is 14.3 Å². The third kappa shape index (κ3) is 3.06. The minimum atomic E-state index is -0.686. The van der Waals surface area contributed by atoms with Gasteiger partial charge in [-0.1, -0.05) is 12.1 Å². The first-order valence-electron chi connectivity index (χ1n) is 9.33. The van der Waals surface area contributed by atoms with Gasteiger partial charge in [-0.2, -0.15) is 5.10 Å². The predicted molar refractivity (Wildman–Crippen MR) is 105 cm³/mol. The molecular weight excluding hydrogens is 358 g/mol. The van der Waals surface area contributed by atoms with Gasteiger partial charge >= 0.3 is 0 Å². The van der Waals surface area contributed by atoms with Crippen LogP contribution in [0.4, 0.5) is 0 Å². The van der Waals surface area contributed by atoms with E-state index in [2.05, 4.69) is 5.10 Å². The van der Waals surface area contributed by atoms with E-state index >= 15 is 0 Å². The molecule has 0 bridgehead atoms. The van der Waals surface area contributed by atoms with Gasteiger partial charge in [0.1, 0.15) is 11.5 Å². The van der Waals surface area contributed by atoms with Crippen LogP contribution in [0.2, 0.25) is 0 Å². The van der Waals surface area contributed by atoms with Crippen molar-refractivity contribution in [2.75, 3.05) is 13.2 Å². The van der Waals surface area contributed by atoms with E-state index in [1.54, 1.807) is 24.7 Å². The summed E-state index contributed by atoms with van der Waals surface area (Å²) in [5.74, 6) is -0.844. The van der Waals surface area contributed by atoms with Gasteiger partial charge in [0.2, 0.25) is 0 Å². The Morgan fingerprint density at radius 1 is 1.25 bits per heavy atom. The van der Waals surface area contributed by atoms with E-state index < -0.39 is 17.7 Å². The Labute approximate surface area is 164 Å². The van der Waals surface area contributed by atoms with Crippen molar-refractivity contribution in [3.8, 4) is 5.75 Å². The van der Waals surface area contributed by atoms with Crippen LogP contribution < -0.4 is 4.74 Å². The molecule has 2 aromatic rings. The summed E-state index contributed by atoms with van der Waals surface area (Å²) in [6.07, 6.45) is 0. The predicted octanol–water partition coefficient (Wildman–Crippen LogP) is 2.88. The van der Waals surface area contributed by atoms with E-state index in [1.807, 2.05) is 39.0 Å². The standard InChI is InChI=1S/C21H25N3O4/c1-6-24-18(14-9-8-10-15(11-14)28-7-2)17(20(26)21(24)27)19(25)16-12(3)22-23(5)13(16)4/h8-11,18,25H,6-7H2,1-5H3/b19-17+. The smallest absolute Gasteiger partial charge is 0.295 e. The molecule has 1 N–H and O–H groups in total. The van der Waals surface area contributed by atoms with E-state index in [0.717, 1.165) is 5.69 Å². The number of nitrogens with zero attached hydrogens (tertiary/aromatic N) is 3. The van der Waals surface area contributed by atoms with Gasteiger partial charge in [-0.15, -0.1) is 0 Å². The van der Waals surface area contributed by atoms with Crippen LogP contribution in [0.5, 0.6) is 5.75 Å². The number of aliphatic hydroxyl groups excluding tert-OH is 1. The zero-order valence-corrected chi connectivity index (χ0v) is 16.8. The summed E-state index contributed by atoms with van der Waals surface area (Å²) >= 11 is 0. The SMILES string of the molecule is CCOc1cccc(C2/C(=C(\O)c3c(C)nn(C)c3C)C(=O)C(=O)N2CC)c1. The second kappa shape index (κ2) is 7.50. The lowest BCUT2D eigenvalue weighted by molar-refractivity contribution is -0.139. The Balaban J connectivity index is 2.23. The van der Waals surface area contributed by atoms with Crippen molar-refractivity contribution in [3.05, 3.63) is 52.4 Å². The molecule has 28 heavy (non-hydrogen) atoms. The molecule has 1 saturated heterocycles. The number of likely N-dealkylation sites (tertiary alicyclic amines) is 1. The number of Topliss-reactive ketones (excluding diaryl/α,β-unsaturated/α-hetero) is 1. The molecule has 1 fully saturated rings. The molecule has 0 radical (unpaired) electrons. The summed E-state index contributed by atoms with van der Waals surface area (Å²) in [6, 6.07) is 6.60. The topological polar surface area (TPSA) is 84.7 Å². The Morgan fingerprint density at radius 3 is 2.54 bits per heavy atom. The van der Waals surface area contributed by atoms with Crippen LogP contribution in [0.1, 0.15) is 42.4 Å². The highest BCUT2D eigenvalue weighted by Crippen LogP contribution is 2.40. The fourth-order valence-electron chi connectivity index (χ4n) is 3.74. The Hall–Kier alpha value is -3.09. The van der Waals surface area contributed by atoms with Crippen molar-refractivity contribution >= 4 is 17.4 Å². The monoisotopic (exact) mass is 383 g/mol. The van der Waals surface area contributed by atoms with Gasteiger partial charge in [0.25, 0.3) is 11.7 Å². The summed E-state index contributed by atoms with van der Waals surface area (Å²) in [6.45, 7) is 8.13. The number of likely N-dealkylation sites (N-methyl/N-ethyl adjacent to an activating group) is 1. The zero-order valence-electron chi connectivity index (χ0n) is 16.8. The Kier molecular flexibility index (Phi) is 5.27. The summed E-state index contributed by atoms with van der Waals surface area (Å²) in [5, 5.41) is 15.4. The molecule has 3 rings (SSSR count). The van der Waals surface area contributed by atoms with Gasteiger partial charge in [0.15, 0.2) is 0 Å². The quantitative estimate of drug-likeness (QED) is 0.488. The molecule has 0 saturated carbocycles. The number of ether oxygens (including phenoxy) is 1. The Bertz CT molecular complexity index is 974. The number of ketones is 1. The number of carbonyl (C=O) groups is 2. The van der Waals surface area contributed by atoms with Gasteiger partial charge < -0.3 is 14.7 Å². The van der Waals surface area contributed by atoms with Crippen molar-refractivity contribution < 1.29 is 19.4 Å². The molecule has 1 amide bonds. The maximum atomic E-state index is 12.8. The number of hydrogen-bond donors (Lipinski definition) is 1. The summed E-state index contributed by atoms with van der Waals surface area (Å²) in [7, 11) is 1.77. The van der Waals surface area contributed by atoms with E-state index in [9.17, 15) is 14.7 Å². The Morgan fingerprint density at radius 2 is 1.96 bits per heavy atom. The number of rotatable bonds is 5. The lowest BCUT2D eigenvalue weighted by atomic mass is 9.94. The second-order valence-electron chi connectivity index (χ2n) is 6.76. The summed E-state index contributed by atoms with van der Waals surface area (Å²) < 4.78 is 7.21. The minimum Gasteiger partial charge on any atom is -0.507 e. The van der Waals surface area contributed by atoms with Crippen molar-refractivity contribution in [3.63, 3.8) is 0 Å². The van der Waals surface area contributed by atoms with Crippen molar-refractivity contribution in [1.29, 1.82) is 0 Å². The van der Waals surface area contributed by atoms with E-state index in [4.69, 9.17) is 4.74 Å². The molecule has 0 aliphatic carbocycles. The maximum Gasteiger partial charge on any atom is 0.295 e. The van der Waals surface area contributed by atoms with Crippen LogP contribution in [-0.2, 0) is 16.6 Å². The zero-order chi connectivity index (χ0) is 20.6. The third-order valence-electron chi connectivity index (χ3n) is 5.11. The average Bonchev–Trinajstić information content (AvgIpc) is 3.07. The molecule has 1 aromatic heterocycles. The first-order chi connectivity index (χ1) is 13.3. The van der Waals surface area contributed by atoms with Crippen molar-refractivity contribution in [2.24, 2.45) is 7.05 Å². The second-order valence-corrected chi connectivity index (χ2v) is 6.76. The highest BCUT2D eigenvalue weighted by Gasteiger charge is 2.46. The molecular formula is C21H25N3O4. The fourth-order valence-corrected chi connectivity index (χ4v) is 3.74. The summed E-state index contributed by atoms with van der Waals surface area (Å²) in [4.78, 5) is 26.9. The summed E-state index contributed by atoms with van der Waals surface area (Å²) in [5.41, 5.74) is 2.61. The number of aryl methyl sites for hydroxylation is 2. The molecule has 1 aliphatic heterocycles. The molecule has 148 valence electrons. The van der Waals surface area contributed by atoms with E-state index in [-0.39, 0.29) is 11.3 Å². The highest BCUT2D eigenvalue weighted by atomic mass is 16.5. The van der Waals surface area contributed by atoms with E-state index in [1.165, 1.54) is 4.90 Å². The molecule has 1 unspecified atom stereocenters. The molecule has 7 heteroatoms. The van der Waals surface area contributed by atoms with Crippen LogP contribution in [0.25, 0.3) is 5.76 Å². The van der Waals surface area contributed by atoms with Gasteiger partial charge in [0.05, 0.1) is 29.5 Å². The first kappa shape index (κ1) is 19.7. The van der Waals surface area contributed by atoms with Gasteiger partial charge in [0, 0.05) is 19.3 Å². The minimum absolute atomic E-state index is 0.0831. The third-order valence-corrected chi connectivity index (χ3v) is 5.11. The lowest BCUT2D eigenvalue weighted by Crippen LogP contribution is -2.29. The number of carbonyl (C=O) groups excluding carboxylic acids is 2. The number of hydrogen-bond acceptors (Lipinski definition) is 5. The first-order valence-corrected chi connectivity index (χ1v) is 9.33. The lowest BCUT2D eigenvalue weighted by Gasteiger charge is -2.24. The van der Waals surface area contributed by atoms with E-state index in [0.29, 0.717) is 35.7 Å². The van der Waals surface area contributed by atoms with Crippen LogP contribution >= 0.6 is 0 Å². The van der Waals surface area contributed by atoms with Crippen LogP contribution in [0, 0.1) is 13.8 Å². The molecule has 1 aliphatic rings.